The Labute approximate surface area is 121 Å². The summed E-state index contributed by atoms with van der Waals surface area (Å²) < 4.78 is 25.1. The summed E-state index contributed by atoms with van der Waals surface area (Å²) in [7, 11) is -3.21. The number of benzene rings is 1. The van der Waals surface area contributed by atoms with E-state index >= 15 is 0 Å². The molecule has 3 unspecified atom stereocenters. The van der Waals surface area contributed by atoms with Gasteiger partial charge in [0.1, 0.15) is 0 Å². The third-order valence-electron chi connectivity index (χ3n) is 4.61. The Morgan fingerprint density at radius 1 is 1.20 bits per heavy atom. The van der Waals surface area contributed by atoms with Gasteiger partial charge in [-0.2, -0.15) is 0 Å². The fourth-order valence-corrected chi connectivity index (χ4v) is 4.33. The predicted molar refractivity (Wildman–Crippen MR) is 82.5 cm³/mol. The number of rotatable bonds is 4. The summed E-state index contributed by atoms with van der Waals surface area (Å²) in [5.41, 5.74) is 2.70. The molecular formula is C15H22N2O2S. The van der Waals surface area contributed by atoms with Gasteiger partial charge in [-0.3, -0.25) is 4.72 Å². The molecule has 3 atom stereocenters. The molecule has 0 heterocycles. The van der Waals surface area contributed by atoms with E-state index < -0.39 is 10.0 Å². The highest BCUT2D eigenvalue weighted by Crippen LogP contribution is 2.45. The maximum atomic E-state index is 11.3. The normalized spacial score (nSPS) is 28.6. The van der Waals surface area contributed by atoms with Gasteiger partial charge in [0.15, 0.2) is 0 Å². The Kier molecular flexibility index (Phi) is 3.40. The van der Waals surface area contributed by atoms with Crippen molar-refractivity contribution in [1.82, 2.24) is 0 Å². The Morgan fingerprint density at radius 3 is 2.55 bits per heavy atom. The number of anilines is 2. The highest BCUT2D eigenvalue weighted by atomic mass is 32.2. The predicted octanol–water partition coefficient (Wildman–Crippen LogP) is 2.97. The third kappa shape index (κ3) is 2.92. The maximum absolute atomic E-state index is 11.3. The van der Waals surface area contributed by atoms with Crippen LogP contribution >= 0.6 is 0 Å². The van der Waals surface area contributed by atoms with Crippen molar-refractivity contribution in [3.8, 4) is 0 Å². The van der Waals surface area contributed by atoms with Crippen LogP contribution in [0, 0.1) is 18.8 Å². The summed E-state index contributed by atoms with van der Waals surface area (Å²) in [5.74, 6) is 1.75. The van der Waals surface area contributed by atoms with Crippen LogP contribution in [0.15, 0.2) is 18.2 Å². The number of hydrogen-bond acceptors (Lipinski definition) is 3. The first-order chi connectivity index (χ1) is 9.40. The molecule has 4 nitrogen and oxygen atoms in total. The number of nitrogens with one attached hydrogen (secondary N) is 2. The molecule has 2 saturated carbocycles. The topological polar surface area (TPSA) is 58.2 Å². The lowest BCUT2D eigenvalue weighted by molar-refractivity contribution is 0.440. The molecule has 0 radical (unpaired) electrons. The molecule has 0 saturated heterocycles. The summed E-state index contributed by atoms with van der Waals surface area (Å²) in [4.78, 5) is 0. The minimum absolute atomic E-state index is 0.599. The Bertz CT molecular complexity index is 612. The monoisotopic (exact) mass is 294 g/mol. The molecule has 1 aromatic rings. The van der Waals surface area contributed by atoms with Crippen LogP contribution in [-0.4, -0.2) is 20.7 Å². The molecule has 2 aliphatic rings. The highest BCUT2D eigenvalue weighted by Gasteiger charge is 2.39. The number of fused-ring (bicyclic) bond motifs is 2. The van der Waals surface area contributed by atoms with E-state index in [0.717, 1.165) is 23.1 Å². The van der Waals surface area contributed by atoms with Crippen molar-refractivity contribution in [3.63, 3.8) is 0 Å². The zero-order chi connectivity index (χ0) is 14.3. The van der Waals surface area contributed by atoms with Crippen molar-refractivity contribution in [1.29, 1.82) is 0 Å². The molecule has 2 bridgehead atoms. The molecule has 2 aliphatic carbocycles. The zero-order valence-corrected chi connectivity index (χ0v) is 12.8. The first-order valence-electron chi connectivity index (χ1n) is 7.26. The van der Waals surface area contributed by atoms with Gasteiger partial charge in [0.05, 0.1) is 11.9 Å². The van der Waals surface area contributed by atoms with Gasteiger partial charge in [0.25, 0.3) is 0 Å². The van der Waals surface area contributed by atoms with Gasteiger partial charge in [-0.05, 0) is 61.8 Å². The van der Waals surface area contributed by atoms with Crippen LogP contribution in [0.25, 0.3) is 0 Å². The molecule has 2 fully saturated rings. The van der Waals surface area contributed by atoms with E-state index in [2.05, 4.69) is 10.0 Å². The average molecular weight is 294 g/mol. The van der Waals surface area contributed by atoms with Crippen LogP contribution in [0.3, 0.4) is 0 Å². The SMILES string of the molecule is Cc1cc(NC2CC3CCC2C3)ccc1NS(C)(=O)=O. The van der Waals surface area contributed by atoms with E-state index in [0.29, 0.717) is 11.7 Å². The van der Waals surface area contributed by atoms with E-state index in [9.17, 15) is 8.42 Å². The minimum atomic E-state index is -3.21. The van der Waals surface area contributed by atoms with Crippen molar-refractivity contribution >= 4 is 21.4 Å². The van der Waals surface area contributed by atoms with Crippen LogP contribution < -0.4 is 10.0 Å². The Morgan fingerprint density at radius 2 is 2.00 bits per heavy atom. The van der Waals surface area contributed by atoms with Crippen molar-refractivity contribution in [2.24, 2.45) is 11.8 Å². The fourth-order valence-electron chi connectivity index (χ4n) is 3.70. The molecule has 0 amide bonds. The van der Waals surface area contributed by atoms with E-state index in [1.54, 1.807) is 0 Å². The van der Waals surface area contributed by atoms with E-state index in [1.807, 2.05) is 25.1 Å². The molecule has 20 heavy (non-hydrogen) atoms. The Hall–Kier alpha value is -1.23. The smallest absolute Gasteiger partial charge is 0.229 e. The van der Waals surface area contributed by atoms with Crippen LogP contribution in [-0.2, 0) is 10.0 Å². The molecule has 0 spiro atoms. The van der Waals surface area contributed by atoms with Gasteiger partial charge in [-0.25, -0.2) is 8.42 Å². The molecule has 1 aromatic carbocycles. The lowest BCUT2D eigenvalue weighted by atomic mass is 9.95. The number of sulfonamides is 1. The van der Waals surface area contributed by atoms with E-state index in [-0.39, 0.29) is 0 Å². The molecule has 3 rings (SSSR count). The van der Waals surface area contributed by atoms with Crippen LogP contribution in [0.4, 0.5) is 11.4 Å². The average Bonchev–Trinajstić information content (AvgIpc) is 2.93. The Balaban J connectivity index is 1.71. The number of aryl methyl sites for hydroxylation is 1. The van der Waals surface area contributed by atoms with Gasteiger partial charge in [-0.1, -0.05) is 6.42 Å². The largest absolute Gasteiger partial charge is 0.382 e. The van der Waals surface area contributed by atoms with Crippen LogP contribution in [0.1, 0.15) is 31.2 Å². The maximum Gasteiger partial charge on any atom is 0.229 e. The standard InChI is InChI=1S/C15H22N2O2S/c1-10-7-13(5-6-14(10)17-20(2,18)19)16-15-9-11-3-4-12(15)8-11/h5-7,11-12,15-17H,3-4,8-9H2,1-2H3. The van der Waals surface area contributed by atoms with Crippen molar-refractivity contribution in [3.05, 3.63) is 23.8 Å². The van der Waals surface area contributed by atoms with Gasteiger partial charge in [0, 0.05) is 11.7 Å². The van der Waals surface area contributed by atoms with Gasteiger partial charge in [0.2, 0.25) is 10.0 Å². The third-order valence-corrected chi connectivity index (χ3v) is 5.20. The van der Waals surface area contributed by atoms with Gasteiger partial charge < -0.3 is 5.32 Å². The van der Waals surface area contributed by atoms with Crippen molar-refractivity contribution in [2.45, 2.75) is 38.6 Å². The van der Waals surface area contributed by atoms with Gasteiger partial charge in [-0.15, -0.1) is 0 Å². The molecule has 5 heteroatoms. The summed E-state index contributed by atoms with van der Waals surface area (Å²) in [6.45, 7) is 1.93. The summed E-state index contributed by atoms with van der Waals surface area (Å²) >= 11 is 0. The number of hydrogen-bond donors (Lipinski definition) is 2. The summed E-state index contributed by atoms with van der Waals surface area (Å²) in [5, 5.41) is 3.63. The molecule has 0 aliphatic heterocycles. The van der Waals surface area contributed by atoms with Crippen molar-refractivity contribution in [2.75, 3.05) is 16.3 Å². The van der Waals surface area contributed by atoms with Crippen LogP contribution in [0.5, 0.6) is 0 Å². The zero-order valence-electron chi connectivity index (χ0n) is 12.0. The second-order valence-corrected chi connectivity index (χ2v) is 8.08. The summed E-state index contributed by atoms with van der Waals surface area (Å²) in [6.07, 6.45) is 6.60. The molecule has 2 N–H and O–H groups in total. The lowest BCUT2D eigenvalue weighted by Crippen LogP contribution is -2.25. The lowest BCUT2D eigenvalue weighted by Gasteiger charge is -2.24. The van der Waals surface area contributed by atoms with Gasteiger partial charge >= 0.3 is 0 Å². The highest BCUT2D eigenvalue weighted by molar-refractivity contribution is 7.92. The van der Waals surface area contributed by atoms with E-state index in [1.165, 1.54) is 31.9 Å². The first kappa shape index (κ1) is 13.7. The first-order valence-corrected chi connectivity index (χ1v) is 9.15. The summed E-state index contributed by atoms with van der Waals surface area (Å²) in [6, 6.07) is 6.43. The molecule has 0 aromatic heterocycles. The quantitative estimate of drug-likeness (QED) is 0.897. The van der Waals surface area contributed by atoms with E-state index in [4.69, 9.17) is 0 Å². The van der Waals surface area contributed by atoms with Crippen LogP contribution in [0.2, 0.25) is 0 Å². The van der Waals surface area contributed by atoms with Crippen molar-refractivity contribution < 1.29 is 8.42 Å². The fraction of sp³-hybridized carbons (Fsp3) is 0.600. The molecular weight excluding hydrogens is 272 g/mol. The minimum Gasteiger partial charge on any atom is -0.382 e. The molecule has 110 valence electrons. The second kappa shape index (κ2) is 4.95. The second-order valence-electron chi connectivity index (χ2n) is 6.33.